The van der Waals surface area contributed by atoms with Crippen LogP contribution in [-0.2, 0) is 4.79 Å². The minimum absolute atomic E-state index is 0.0548. The molecule has 1 amide bonds. The quantitative estimate of drug-likeness (QED) is 0.909. The Morgan fingerprint density at radius 3 is 3.00 bits per heavy atom. The lowest BCUT2D eigenvalue weighted by atomic mass is 10.2. The fourth-order valence-electron chi connectivity index (χ4n) is 1.70. The number of carbonyl (C=O) groups excluding carboxylic acids is 1. The number of rotatable bonds is 4. The average molecular weight is 259 g/mol. The van der Waals surface area contributed by atoms with Crippen molar-refractivity contribution in [1.82, 2.24) is 10.2 Å². The molecule has 1 aromatic carbocycles. The van der Waals surface area contributed by atoms with Crippen molar-refractivity contribution in [3.05, 3.63) is 24.3 Å². The Morgan fingerprint density at radius 2 is 2.26 bits per heavy atom. The van der Waals surface area contributed by atoms with Gasteiger partial charge in [-0.25, -0.2) is 0 Å². The maximum absolute atomic E-state index is 11.6. The highest BCUT2D eigenvalue weighted by atomic mass is 16.5. The Hall–Kier alpha value is -2.37. The van der Waals surface area contributed by atoms with Gasteiger partial charge in [0.25, 0.3) is 0 Å². The van der Waals surface area contributed by atoms with E-state index in [-0.39, 0.29) is 17.8 Å². The van der Waals surface area contributed by atoms with E-state index >= 15 is 0 Å². The number of ether oxygens (including phenoxy) is 1. The summed E-state index contributed by atoms with van der Waals surface area (Å²) >= 11 is 0. The first-order chi connectivity index (χ1) is 9.26. The first-order valence-corrected chi connectivity index (χ1v) is 6.05. The molecular weight excluding hydrogens is 246 g/mol. The topological polar surface area (TPSA) is 77.3 Å². The number of benzene rings is 1. The van der Waals surface area contributed by atoms with Gasteiger partial charge in [0.15, 0.2) is 0 Å². The summed E-state index contributed by atoms with van der Waals surface area (Å²) in [5, 5.41) is 10.3. The van der Waals surface area contributed by atoms with Crippen LogP contribution in [0.15, 0.2) is 28.7 Å². The number of hydrogen-bond donors (Lipinski definition) is 1. The fraction of sp³-hybridized carbons (Fsp3) is 0.308. The monoisotopic (exact) mass is 259 g/mol. The van der Waals surface area contributed by atoms with Crippen molar-refractivity contribution >= 4 is 11.9 Å². The molecule has 1 heterocycles. The lowest BCUT2D eigenvalue weighted by molar-refractivity contribution is -0.117. The summed E-state index contributed by atoms with van der Waals surface area (Å²) in [6.07, 6.45) is 1.87. The molecule has 0 bridgehead atoms. The zero-order valence-electron chi connectivity index (χ0n) is 10.4. The molecule has 0 saturated heterocycles. The summed E-state index contributed by atoms with van der Waals surface area (Å²) in [6.45, 7) is 0. The van der Waals surface area contributed by atoms with Gasteiger partial charge in [-0.05, 0) is 31.0 Å². The smallest absolute Gasteiger partial charge is 0.322 e. The fourth-order valence-corrected chi connectivity index (χ4v) is 1.70. The van der Waals surface area contributed by atoms with E-state index in [0.29, 0.717) is 11.6 Å². The molecule has 6 nitrogen and oxygen atoms in total. The summed E-state index contributed by atoms with van der Waals surface area (Å²) < 4.78 is 10.5. The molecule has 1 saturated carbocycles. The minimum Gasteiger partial charge on any atom is -0.497 e. The summed E-state index contributed by atoms with van der Waals surface area (Å²) in [5.41, 5.74) is 0.749. The maximum Gasteiger partial charge on any atom is 0.322 e. The highest BCUT2D eigenvalue weighted by Crippen LogP contribution is 2.30. The molecule has 1 N–H and O–H groups in total. The Bertz CT molecular complexity index is 605. The van der Waals surface area contributed by atoms with Crippen LogP contribution in [0.25, 0.3) is 11.5 Å². The zero-order chi connectivity index (χ0) is 13.2. The van der Waals surface area contributed by atoms with Crippen LogP contribution in [0, 0.1) is 5.92 Å². The molecular formula is C13H13N3O3. The van der Waals surface area contributed by atoms with Crippen LogP contribution in [0.4, 0.5) is 6.01 Å². The van der Waals surface area contributed by atoms with Gasteiger partial charge < -0.3 is 9.15 Å². The first kappa shape index (κ1) is 11.7. The van der Waals surface area contributed by atoms with Crippen LogP contribution in [0.2, 0.25) is 0 Å². The number of carbonyl (C=O) groups is 1. The maximum atomic E-state index is 11.6. The summed E-state index contributed by atoms with van der Waals surface area (Å²) in [7, 11) is 1.59. The van der Waals surface area contributed by atoms with E-state index in [1.807, 2.05) is 18.2 Å². The van der Waals surface area contributed by atoms with E-state index in [0.717, 1.165) is 18.4 Å². The van der Waals surface area contributed by atoms with Crippen molar-refractivity contribution in [2.75, 3.05) is 12.4 Å². The largest absolute Gasteiger partial charge is 0.497 e. The molecule has 0 unspecified atom stereocenters. The predicted molar refractivity (Wildman–Crippen MR) is 67.6 cm³/mol. The van der Waals surface area contributed by atoms with Crippen LogP contribution in [-0.4, -0.2) is 23.2 Å². The molecule has 0 atom stereocenters. The Labute approximate surface area is 109 Å². The van der Waals surface area contributed by atoms with E-state index in [9.17, 15) is 4.79 Å². The van der Waals surface area contributed by atoms with Crippen LogP contribution in [0.3, 0.4) is 0 Å². The lowest BCUT2D eigenvalue weighted by Gasteiger charge is -2.00. The molecule has 6 heteroatoms. The second-order valence-electron chi connectivity index (χ2n) is 4.41. The summed E-state index contributed by atoms with van der Waals surface area (Å²) in [5.74, 6) is 1.11. The van der Waals surface area contributed by atoms with Crippen molar-refractivity contribution in [2.24, 2.45) is 5.92 Å². The van der Waals surface area contributed by atoms with Crippen LogP contribution in [0.1, 0.15) is 12.8 Å². The lowest BCUT2D eigenvalue weighted by Crippen LogP contribution is -2.13. The van der Waals surface area contributed by atoms with E-state index in [2.05, 4.69) is 15.5 Å². The zero-order valence-corrected chi connectivity index (χ0v) is 10.4. The van der Waals surface area contributed by atoms with Gasteiger partial charge in [0.2, 0.25) is 11.8 Å². The third kappa shape index (κ3) is 2.57. The van der Waals surface area contributed by atoms with Gasteiger partial charge >= 0.3 is 6.01 Å². The SMILES string of the molecule is COc1cccc(-c2nnc(NC(=O)C3CC3)o2)c1. The van der Waals surface area contributed by atoms with Crippen LogP contribution < -0.4 is 10.1 Å². The number of aromatic nitrogens is 2. The highest BCUT2D eigenvalue weighted by Gasteiger charge is 2.30. The number of nitrogens with zero attached hydrogens (tertiary/aromatic N) is 2. The number of anilines is 1. The van der Waals surface area contributed by atoms with Crippen molar-refractivity contribution in [3.63, 3.8) is 0 Å². The molecule has 1 aliphatic carbocycles. The summed E-state index contributed by atoms with van der Waals surface area (Å²) in [6, 6.07) is 7.42. The van der Waals surface area contributed by atoms with Gasteiger partial charge in [-0.15, -0.1) is 5.10 Å². The molecule has 0 radical (unpaired) electrons. The molecule has 2 aromatic rings. The second kappa shape index (κ2) is 4.72. The number of amides is 1. The van der Waals surface area contributed by atoms with E-state index in [4.69, 9.17) is 9.15 Å². The average Bonchev–Trinajstić information content (AvgIpc) is 3.20. The molecule has 3 rings (SSSR count). The van der Waals surface area contributed by atoms with Crippen molar-refractivity contribution in [1.29, 1.82) is 0 Å². The Morgan fingerprint density at radius 1 is 1.42 bits per heavy atom. The minimum atomic E-state index is -0.0548. The van der Waals surface area contributed by atoms with Gasteiger partial charge in [0.05, 0.1) is 7.11 Å². The van der Waals surface area contributed by atoms with Gasteiger partial charge in [0, 0.05) is 11.5 Å². The van der Waals surface area contributed by atoms with Crippen molar-refractivity contribution in [3.8, 4) is 17.2 Å². The van der Waals surface area contributed by atoms with E-state index in [1.165, 1.54) is 0 Å². The molecule has 0 aliphatic heterocycles. The van der Waals surface area contributed by atoms with Gasteiger partial charge in [-0.3, -0.25) is 10.1 Å². The standard InChI is InChI=1S/C13H13N3O3/c1-18-10-4-2-3-9(7-10)12-15-16-13(19-12)14-11(17)8-5-6-8/h2-4,7-8H,5-6H2,1H3,(H,14,16,17). The second-order valence-corrected chi connectivity index (χ2v) is 4.41. The highest BCUT2D eigenvalue weighted by molar-refractivity contribution is 5.92. The molecule has 0 spiro atoms. The van der Waals surface area contributed by atoms with Crippen molar-refractivity contribution < 1.29 is 13.9 Å². The molecule has 1 fully saturated rings. The van der Waals surface area contributed by atoms with E-state index in [1.54, 1.807) is 13.2 Å². The third-order valence-electron chi connectivity index (χ3n) is 2.92. The Balaban J connectivity index is 1.77. The van der Waals surface area contributed by atoms with Crippen LogP contribution in [0.5, 0.6) is 5.75 Å². The van der Waals surface area contributed by atoms with Crippen molar-refractivity contribution in [2.45, 2.75) is 12.8 Å². The normalized spacial score (nSPS) is 14.2. The number of nitrogens with one attached hydrogen (secondary N) is 1. The van der Waals surface area contributed by atoms with Gasteiger partial charge in [-0.1, -0.05) is 11.2 Å². The molecule has 1 aromatic heterocycles. The van der Waals surface area contributed by atoms with Gasteiger partial charge in [-0.2, -0.15) is 0 Å². The van der Waals surface area contributed by atoms with Gasteiger partial charge in [0.1, 0.15) is 5.75 Å². The van der Waals surface area contributed by atoms with E-state index < -0.39 is 0 Å². The number of methoxy groups -OCH3 is 1. The molecule has 98 valence electrons. The molecule has 1 aliphatic rings. The summed E-state index contributed by atoms with van der Waals surface area (Å²) in [4.78, 5) is 11.6. The first-order valence-electron chi connectivity index (χ1n) is 6.05. The number of hydrogen-bond acceptors (Lipinski definition) is 5. The third-order valence-corrected chi connectivity index (χ3v) is 2.92. The van der Waals surface area contributed by atoms with Crippen LogP contribution >= 0.6 is 0 Å². The predicted octanol–water partition coefficient (Wildman–Crippen LogP) is 2.09. The molecule has 19 heavy (non-hydrogen) atoms. The Kier molecular flexibility index (Phi) is 2.91.